The Morgan fingerprint density at radius 2 is 1.63 bits per heavy atom. The number of ether oxygens (including phenoxy) is 1. The molecule has 6 aliphatic rings. The number of aliphatic hydroxyl groups excluding tert-OH is 2. The van der Waals surface area contributed by atoms with Crippen LogP contribution in [0.15, 0.2) is 0 Å². The van der Waals surface area contributed by atoms with Crippen molar-refractivity contribution >= 4 is 5.97 Å². The maximum atomic E-state index is 12.4. The van der Waals surface area contributed by atoms with Crippen LogP contribution in [0.2, 0.25) is 0 Å². The fourth-order valence-electron chi connectivity index (χ4n) is 11.4. The Morgan fingerprint density at radius 1 is 0.921 bits per heavy atom. The SMILES string of the molecule is CC(=O)O[C@H]1[C@@H]([N+]2(C)CCCCC2)C[C@H]2[C@@H]3CC[C@H]4C[C@H](O)[C@@H](N5CCC(O)CC5)C[C@]4(C)[C@H]3CC[C@@]21C. The zero-order valence-electron chi connectivity index (χ0n) is 24.6. The van der Waals surface area contributed by atoms with Gasteiger partial charge in [0.2, 0.25) is 0 Å². The number of hydrogen-bond acceptors (Lipinski definition) is 5. The fourth-order valence-corrected chi connectivity index (χ4v) is 11.4. The maximum absolute atomic E-state index is 12.4. The molecule has 0 unspecified atom stereocenters. The summed E-state index contributed by atoms with van der Waals surface area (Å²) < 4.78 is 7.42. The second-order valence-electron chi connectivity index (χ2n) is 15.4. The molecule has 2 N–H and O–H groups in total. The van der Waals surface area contributed by atoms with Gasteiger partial charge in [0.05, 0.1) is 32.3 Å². The summed E-state index contributed by atoms with van der Waals surface area (Å²) in [5.74, 6) is 2.55. The predicted octanol–water partition coefficient (Wildman–Crippen LogP) is 4.37. The van der Waals surface area contributed by atoms with Crippen LogP contribution in [-0.2, 0) is 9.53 Å². The first kappa shape index (κ1) is 27.5. The smallest absolute Gasteiger partial charge is 0.303 e. The molecule has 0 aromatic rings. The lowest BCUT2D eigenvalue weighted by Crippen LogP contribution is -2.61. The van der Waals surface area contributed by atoms with Crippen molar-refractivity contribution in [1.82, 2.24) is 4.90 Å². The van der Waals surface area contributed by atoms with E-state index in [1.165, 1.54) is 64.5 Å². The van der Waals surface area contributed by atoms with E-state index in [-0.39, 0.29) is 41.2 Å². The van der Waals surface area contributed by atoms with Crippen LogP contribution in [0, 0.1) is 34.5 Å². The van der Waals surface area contributed by atoms with Gasteiger partial charge in [-0.2, -0.15) is 0 Å². The van der Waals surface area contributed by atoms with Crippen LogP contribution < -0.4 is 0 Å². The fraction of sp³-hybridized carbons (Fsp3) is 0.969. The number of carbonyl (C=O) groups excluding carboxylic acids is 1. The van der Waals surface area contributed by atoms with Crippen LogP contribution in [0.5, 0.6) is 0 Å². The van der Waals surface area contributed by atoms with E-state index in [9.17, 15) is 15.0 Å². The zero-order chi connectivity index (χ0) is 26.9. The van der Waals surface area contributed by atoms with Gasteiger partial charge in [0.15, 0.2) is 6.10 Å². The van der Waals surface area contributed by atoms with Gasteiger partial charge in [0.25, 0.3) is 0 Å². The zero-order valence-corrected chi connectivity index (χ0v) is 24.6. The third-order valence-electron chi connectivity index (χ3n) is 13.5. The number of rotatable bonds is 3. The van der Waals surface area contributed by atoms with Crippen LogP contribution in [0.3, 0.4) is 0 Å². The van der Waals surface area contributed by atoms with Crippen molar-refractivity contribution in [3.63, 3.8) is 0 Å². The molecule has 2 aliphatic heterocycles. The van der Waals surface area contributed by atoms with E-state index in [4.69, 9.17) is 4.74 Å². The number of hydrogen-bond donors (Lipinski definition) is 2. The van der Waals surface area contributed by atoms with E-state index in [0.29, 0.717) is 29.7 Å². The molecule has 0 radical (unpaired) electrons. The molecule has 4 saturated carbocycles. The number of aliphatic hydroxyl groups is 2. The van der Waals surface area contributed by atoms with Crippen molar-refractivity contribution in [1.29, 1.82) is 0 Å². The van der Waals surface area contributed by atoms with Crippen molar-refractivity contribution in [3.05, 3.63) is 0 Å². The Morgan fingerprint density at radius 3 is 2.32 bits per heavy atom. The van der Waals surface area contributed by atoms with Gasteiger partial charge in [-0.15, -0.1) is 0 Å². The minimum Gasteiger partial charge on any atom is -0.456 e. The summed E-state index contributed by atoms with van der Waals surface area (Å²) >= 11 is 0. The molecule has 6 nitrogen and oxygen atoms in total. The molecule has 0 aromatic carbocycles. The second-order valence-corrected chi connectivity index (χ2v) is 15.4. The van der Waals surface area contributed by atoms with E-state index in [0.717, 1.165) is 43.3 Å². The summed E-state index contributed by atoms with van der Waals surface area (Å²) in [6, 6.07) is 0.665. The molecule has 6 rings (SSSR count). The largest absolute Gasteiger partial charge is 0.456 e. The van der Waals surface area contributed by atoms with E-state index in [2.05, 4.69) is 25.8 Å². The Balaban J connectivity index is 1.27. The first-order valence-corrected chi connectivity index (χ1v) is 16.2. The average molecular weight is 532 g/mol. The molecule has 6 fully saturated rings. The highest BCUT2D eigenvalue weighted by Gasteiger charge is 2.67. The normalized spacial score (nSPS) is 49.5. The van der Waals surface area contributed by atoms with Gasteiger partial charge in [-0.05, 0) is 99.7 Å². The molecule has 38 heavy (non-hydrogen) atoms. The van der Waals surface area contributed by atoms with Crippen LogP contribution in [-0.4, -0.2) is 89.2 Å². The molecule has 2 saturated heterocycles. The number of esters is 1. The summed E-state index contributed by atoms with van der Waals surface area (Å²) in [6.07, 6.45) is 13.4. The van der Waals surface area contributed by atoms with Crippen molar-refractivity contribution in [2.75, 3.05) is 33.2 Å². The van der Waals surface area contributed by atoms with E-state index >= 15 is 0 Å². The van der Waals surface area contributed by atoms with Crippen LogP contribution in [0.1, 0.15) is 97.8 Å². The Hall–Kier alpha value is -0.690. The van der Waals surface area contributed by atoms with Gasteiger partial charge in [-0.1, -0.05) is 13.8 Å². The van der Waals surface area contributed by atoms with Gasteiger partial charge in [0, 0.05) is 37.9 Å². The average Bonchev–Trinajstić information content (AvgIpc) is 3.18. The number of likely N-dealkylation sites (tertiary alicyclic amines) is 2. The number of fused-ring (bicyclic) bond motifs is 5. The minimum absolute atomic E-state index is 0.0419. The molecule has 0 spiro atoms. The quantitative estimate of drug-likeness (QED) is 0.418. The van der Waals surface area contributed by atoms with E-state index in [1.54, 1.807) is 6.92 Å². The highest BCUT2D eigenvalue weighted by Crippen LogP contribution is 2.67. The highest BCUT2D eigenvalue weighted by molar-refractivity contribution is 5.66. The lowest BCUT2D eigenvalue weighted by molar-refractivity contribution is -0.940. The molecule has 4 aliphatic carbocycles. The topological polar surface area (TPSA) is 70.0 Å². The number of piperidine rings is 2. The van der Waals surface area contributed by atoms with E-state index < -0.39 is 0 Å². The van der Waals surface area contributed by atoms with Crippen LogP contribution >= 0.6 is 0 Å². The third kappa shape index (κ3) is 4.39. The molecule has 0 aromatic heterocycles. The Labute approximate surface area is 231 Å². The van der Waals surface area contributed by atoms with Gasteiger partial charge in [0.1, 0.15) is 6.04 Å². The highest BCUT2D eigenvalue weighted by atomic mass is 16.5. The van der Waals surface area contributed by atoms with E-state index in [1.807, 2.05) is 0 Å². The molecule has 216 valence electrons. The second kappa shape index (κ2) is 9.99. The first-order valence-electron chi connectivity index (χ1n) is 16.2. The number of quaternary nitrogens is 1. The van der Waals surface area contributed by atoms with Crippen LogP contribution in [0.25, 0.3) is 0 Å². The summed E-state index contributed by atoms with van der Waals surface area (Å²) in [5.41, 5.74) is 0.346. The van der Waals surface area contributed by atoms with Gasteiger partial charge >= 0.3 is 5.97 Å². The van der Waals surface area contributed by atoms with Crippen molar-refractivity contribution < 1.29 is 24.2 Å². The lowest BCUT2D eigenvalue weighted by atomic mass is 9.44. The molecule has 2 heterocycles. The third-order valence-corrected chi connectivity index (χ3v) is 13.5. The molecular formula is C32H55N2O4+. The summed E-state index contributed by atoms with van der Waals surface area (Å²) in [5, 5.41) is 21.4. The Kier molecular flexibility index (Phi) is 7.23. The molecular weight excluding hydrogens is 476 g/mol. The van der Waals surface area contributed by atoms with Gasteiger partial charge < -0.3 is 19.4 Å². The lowest BCUT2D eigenvalue weighted by Gasteiger charge is -2.62. The van der Waals surface area contributed by atoms with Crippen LogP contribution in [0.4, 0.5) is 0 Å². The van der Waals surface area contributed by atoms with Crippen molar-refractivity contribution in [2.24, 2.45) is 34.5 Å². The first-order chi connectivity index (χ1) is 18.0. The summed E-state index contributed by atoms with van der Waals surface area (Å²) in [4.78, 5) is 14.9. The number of nitrogens with zero attached hydrogens (tertiary/aromatic N) is 2. The summed E-state index contributed by atoms with van der Waals surface area (Å²) in [6.45, 7) is 11.0. The number of carbonyl (C=O) groups is 1. The maximum Gasteiger partial charge on any atom is 0.303 e. The summed E-state index contributed by atoms with van der Waals surface area (Å²) in [7, 11) is 2.46. The molecule has 0 bridgehead atoms. The molecule has 0 amide bonds. The minimum atomic E-state index is -0.235. The van der Waals surface area contributed by atoms with Gasteiger partial charge in [-0.25, -0.2) is 0 Å². The standard InChI is InChI=1S/C32H55N2O4/c1-21(35)38-30-28(34(4)16-6-5-7-17-34)19-26-24-9-8-22-18-29(37)27(33-14-11-23(36)12-15-33)20-32(22,3)25(24)10-13-31(26,30)2/h22-30,36-37H,5-20H2,1-4H3/q+1/t22-,24+,25-,26-,27-,28-,29-,30-,31-,32-/m0/s1. The van der Waals surface area contributed by atoms with Crippen molar-refractivity contribution in [3.8, 4) is 0 Å². The Bertz CT molecular complexity index is 883. The predicted molar refractivity (Wildman–Crippen MR) is 148 cm³/mol. The van der Waals surface area contributed by atoms with Gasteiger partial charge in [-0.3, -0.25) is 9.69 Å². The monoisotopic (exact) mass is 531 g/mol. The molecule has 6 heteroatoms. The number of likely N-dealkylation sites (N-methyl/N-ethyl adjacent to an activating group) is 1. The van der Waals surface area contributed by atoms with Crippen molar-refractivity contribution in [2.45, 2.75) is 128 Å². The molecule has 10 atom stereocenters.